The van der Waals surface area contributed by atoms with Gasteiger partial charge in [0.05, 0.1) is 0 Å². The van der Waals surface area contributed by atoms with E-state index in [-0.39, 0.29) is 0 Å². The normalized spacial score (nSPS) is 10.7. The van der Waals surface area contributed by atoms with Crippen LogP contribution in [-0.2, 0) is 0 Å². The van der Waals surface area contributed by atoms with E-state index in [2.05, 4.69) is 91.9 Å². The van der Waals surface area contributed by atoms with Crippen LogP contribution in [0.2, 0.25) is 0 Å². The second kappa shape index (κ2) is 6.03. The van der Waals surface area contributed by atoms with E-state index in [1.807, 2.05) is 0 Å². The summed E-state index contributed by atoms with van der Waals surface area (Å²) in [5, 5.41) is 4.02. The van der Waals surface area contributed by atoms with Crippen molar-refractivity contribution in [2.75, 3.05) is 0 Å². The van der Waals surface area contributed by atoms with Gasteiger partial charge in [-0.05, 0) is 18.5 Å². The molecule has 0 saturated heterocycles. The fourth-order valence-electron chi connectivity index (χ4n) is 2.21. The number of rotatable bonds is 3. The number of benzene rings is 3. The molecule has 0 radical (unpaired) electrons. The van der Waals surface area contributed by atoms with Gasteiger partial charge in [-0.15, -0.1) is 5.30 Å². The van der Waals surface area contributed by atoms with Crippen LogP contribution in [0.1, 0.15) is 5.56 Å². The Hall–Kier alpha value is -1.91. The predicted molar refractivity (Wildman–Crippen MR) is 88.7 cm³/mol. The summed E-state index contributed by atoms with van der Waals surface area (Å²) in [6, 6.07) is 31.4. The van der Waals surface area contributed by atoms with Crippen LogP contribution in [0.25, 0.3) is 0 Å². The highest BCUT2D eigenvalue weighted by Crippen LogP contribution is 2.32. The predicted octanol–water partition coefficient (Wildman–Crippen LogP) is 3.55. The zero-order chi connectivity index (χ0) is 13.8. The van der Waals surface area contributed by atoms with Crippen molar-refractivity contribution in [1.29, 1.82) is 0 Å². The van der Waals surface area contributed by atoms with Gasteiger partial charge in [-0.1, -0.05) is 67.6 Å². The summed E-state index contributed by atoms with van der Waals surface area (Å²) in [5.74, 6) is 0. The van der Waals surface area contributed by atoms with E-state index < -0.39 is 7.92 Å². The highest BCUT2D eigenvalue weighted by Gasteiger charge is 2.11. The first kappa shape index (κ1) is 13.1. The van der Waals surface area contributed by atoms with E-state index in [1.165, 1.54) is 21.5 Å². The summed E-state index contributed by atoms with van der Waals surface area (Å²) in [5.41, 5.74) is 1.25. The van der Waals surface area contributed by atoms with E-state index in [4.69, 9.17) is 0 Å². The molecule has 3 aromatic carbocycles. The first-order chi connectivity index (χ1) is 9.84. The molecular weight excluding hydrogens is 259 g/mol. The molecule has 0 saturated carbocycles. The van der Waals surface area contributed by atoms with E-state index in [1.54, 1.807) is 0 Å². The lowest BCUT2D eigenvalue weighted by Gasteiger charge is -2.23. The van der Waals surface area contributed by atoms with Crippen LogP contribution in [0.4, 0.5) is 0 Å². The van der Waals surface area contributed by atoms with Crippen molar-refractivity contribution in [2.45, 2.75) is 6.92 Å². The molecule has 0 aliphatic rings. The summed E-state index contributed by atoms with van der Waals surface area (Å²) in [7, 11) is -0.514. The van der Waals surface area contributed by atoms with Crippen molar-refractivity contribution >= 4 is 23.8 Å². The Kier molecular flexibility index (Phi) is 3.95. The zero-order valence-electron chi connectivity index (χ0n) is 11.5. The molecule has 0 spiro atoms. The maximum atomic E-state index is 3.46. The van der Waals surface area contributed by atoms with Gasteiger partial charge in [0.1, 0.15) is 0 Å². The minimum atomic E-state index is -0.514. The third kappa shape index (κ3) is 2.81. The molecule has 0 aliphatic carbocycles. The zero-order valence-corrected chi connectivity index (χ0v) is 12.3. The molecular formula is C19H16P-. The molecule has 0 unspecified atom stereocenters. The summed E-state index contributed by atoms with van der Waals surface area (Å²) < 4.78 is 0. The Morgan fingerprint density at radius 3 is 1.70 bits per heavy atom. The number of aryl methyl sites for hydroxylation is 1. The third-order valence-electron chi connectivity index (χ3n) is 3.22. The van der Waals surface area contributed by atoms with Crippen molar-refractivity contribution in [3.05, 3.63) is 90.5 Å². The second-order valence-electron chi connectivity index (χ2n) is 4.76. The first-order valence-corrected chi connectivity index (χ1v) is 8.07. The number of hydrogen-bond donors (Lipinski definition) is 0. The van der Waals surface area contributed by atoms with Crippen LogP contribution in [0.15, 0.2) is 78.9 Å². The average molecular weight is 275 g/mol. The molecule has 0 fully saturated rings. The van der Waals surface area contributed by atoms with Gasteiger partial charge < -0.3 is 0 Å². The van der Waals surface area contributed by atoms with Gasteiger partial charge in [0.2, 0.25) is 0 Å². The maximum Gasteiger partial charge on any atom is -0.0171 e. The largest absolute Gasteiger partial charge is 0.175 e. The molecule has 0 heterocycles. The van der Waals surface area contributed by atoms with E-state index in [9.17, 15) is 0 Å². The van der Waals surface area contributed by atoms with Crippen LogP contribution in [-0.4, -0.2) is 0 Å². The summed E-state index contributed by atoms with van der Waals surface area (Å²) in [4.78, 5) is 0. The third-order valence-corrected chi connectivity index (χ3v) is 5.61. The van der Waals surface area contributed by atoms with Gasteiger partial charge >= 0.3 is 0 Å². The van der Waals surface area contributed by atoms with Crippen LogP contribution < -0.4 is 15.9 Å². The minimum absolute atomic E-state index is 0.514. The van der Waals surface area contributed by atoms with Crippen LogP contribution in [0, 0.1) is 13.0 Å². The Bertz CT molecular complexity index is 618. The van der Waals surface area contributed by atoms with Crippen molar-refractivity contribution in [2.24, 2.45) is 0 Å². The summed E-state index contributed by atoms with van der Waals surface area (Å²) >= 11 is 0. The Morgan fingerprint density at radius 2 is 1.25 bits per heavy atom. The van der Waals surface area contributed by atoms with Crippen molar-refractivity contribution in [3.63, 3.8) is 0 Å². The Morgan fingerprint density at radius 1 is 0.700 bits per heavy atom. The topological polar surface area (TPSA) is 0 Å². The fraction of sp³-hybridized carbons (Fsp3) is 0.0526. The molecule has 0 N–H and O–H groups in total. The van der Waals surface area contributed by atoms with Crippen LogP contribution in [0.3, 0.4) is 0 Å². The molecule has 0 aromatic heterocycles. The fourth-order valence-corrected chi connectivity index (χ4v) is 4.43. The lowest BCUT2D eigenvalue weighted by Crippen LogP contribution is -2.20. The minimum Gasteiger partial charge on any atom is -0.175 e. The Balaban J connectivity index is 2.11. The second-order valence-corrected chi connectivity index (χ2v) is 6.94. The standard InChI is InChI=1S/C19H16P/c1-16-12-14-19(15-13-16)20(17-8-4-2-5-9-17)18-10-6-3-7-11-18/h2-14H,1H3/q-1. The molecule has 0 atom stereocenters. The lowest BCUT2D eigenvalue weighted by molar-refractivity contribution is 1.48. The average Bonchev–Trinajstić information content (AvgIpc) is 2.52. The van der Waals surface area contributed by atoms with Gasteiger partial charge in [0.15, 0.2) is 0 Å². The van der Waals surface area contributed by atoms with Crippen LogP contribution >= 0.6 is 7.92 Å². The molecule has 98 valence electrons. The number of hydrogen-bond acceptors (Lipinski definition) is 0. The Labute approximate surface area is 121 Å². The molecule has 20 heavy (non-hydrogen) atoms. The quantitative estimate of drug-likeness (QED) is 0.506. The van der Waals surface area contributed by atoms with Gasteiger partial charge in [-0.2, -0.15) is 29.8 Å². The molecule has 0 amide bonds. The molecule has 3 rings (SSSR count). The molecule has 0 bridgehead atoms. The first-order valence-electron chi connectivity index (χ1n) is 6.73. The maximum absolute atomic E-state index is 3.46. The van der Waals surface area contributed by atoms with Gasteiger partial charge in [0.25, 0.3) is 0 Å². The van der Waals surface area contributed by atoms with Crippen LogP contribution in [0.5, 0.6) is 0 Å². The molecule has 3 aromatic rings. The molecule has 0 nitrogen and oxygen atoms in total. The van der Waals surface area contributed by atoms with Crippen molar-refractivity contribution < 1.29 is 0 Å². The van der Waals surface area contributed by atoms with Gasteiger partial charge in [0, 0.05) is 0 Å². The summed E-state index contributed by atoms with van der Waals surface area (Å²) in [6.07, 6.45) is 0. The smallest absolute Gasteiger partial charge is 0.0171 e. The SMILES string of the molecule is Cc1c[c-]c(P(c2ccccc2)c2ccccc2)cc1. The van der Waals surface area contributed by atoms with Crippen molar-refractivity contribution in [1.82, 2.24) is 0 Å². The van der Waals surface area contributed by atoms with Crippen molar-refractivity contribution in [3.8, 4) is 0 Å². The van der Waals surface area contributed by atoms with E-state index >= 15 is 0 Å². The molecule has 1 heteroatoms. The van der Waals surface area contributed by atoms with E-state index in [0.29, 0.717) is 0 Å². The van der Waals surface area contributed by atoms with Gasteiger partial charge in [-0.25, -0.2) is 0 Å². The lowest BCUT2D eigenvalue weighted by atomic mass is 10.2. The highest BCUT2D eigenvalue weighted by atomic mass is 31.1. The highest BCUT2D eigenvalue weighted by molar-refractivity contribution is 7.79. The monoisotopic (exact) mass is 275 g/mol. The van der Waals surface area contributed by atoms with E-state index in [0.717, 1.165) is 0 Å². The molecule has 0 aliphatic heterocycles. The summed E-state index contributed by atoms with van der Waals surface area (Å²) in [6.45, 7) is 2.10. The van der Waals surface area contributed by atoms with Gasteiger partial charge in [-0.3, -0.25) is 0 Å².